The van der Waals surface area contributed by atoms with Crippen molar-refractivity contribution in [3.05, 3.63) is 108 Å². The Labute approximate surface area is 233 Å². The Balaban J connectivity index is 1.51. The average Bonchev–Trinajstić information content (AvgIpc) is 2.94. The van der Waals surface area contributed by atoms with Crippen LogP contribution in [0.15, 0.2) is 91.0 Å². The maximum absolute atomic E-state index is 11.4. The number of ether oxygens (including phenoxy) is 5. The van der Waals surface area contributed by atoms with Crippen LogP contribution in [0.25, 0.3) is 0 Å². The van der Waals surface area contributed by atoms with Gasteiger partial charge in [0, 0.05) is 14.7 Å². The number of benzene rings is 3. The van der Waals surface area contributed by atoms with Crippen molar-refractivity contribution in [3.63, 3.8) is 0 Å². The lowest BCUT2D eigenvalue weighted by atomic mass is 9.98. The lowest BCUT2D eigenvalue weighted by Crippen LogP contribution is -2.61. The molecule has 1 saturated heterocycles. The van der Waals surface area contributed by atoms with Gasteiger partial charge in [0.05, 0.1) is 26.4 Å². The van der Waals surface area contributed by atoms with Gasteiger partial charge < -0.3 is 28.8 Å². The average molecular weight is 551 g/mol. The molecule has 1 aliphatic rings. The van der Waals surface area contributed by atoms with Crippen molar-refractivity contribution in [2.24, 2.45) is 0 Å². The highest BCUT2D eigenvalue weighted by Gasteiger charge is 2.47. The molecule has 1 fully saturated rings. The van der Waals surface area contributed by atoms with E-state index in [0.29, 0.717) is 26.4 Å². The quantitative estimate of drug-likeness (QED) is 0.255. The van der Waals surface area contributed by atoms with Gasteiger partial charge in [0.2, 0.25) is 0 Å². The fourth-order valence-electron chi connectivity index (χ4n) is 4.44. The molecule has 4 rings (SSSR count). The summed E-state index contributed by atoms with van der Waals surface area (Å²) < 4.78 is 31.4. The Bertz CT molecular complexity index is 1080. The van der Waals surface area contributed by atoms with Crippen molar-refractivity contribution in [2.75, 3.05) is 13.2 Å². The number of hydrogen-bond acceptors (Lipinski definition) is 6. The van der Waals surface area contributed by atoms with Gasteiger partial charge in [0.1, 0.15) is 24.4 Å². The van der Waals surface area contributed by atoms with E-state index in [1.165, 1.54) is 0 Å². The minimum atomic E-state index is -1.32. The van der Waals surface area contributed by atoms with E-state index in [1.807, 2.05) is 91.0 Å². The van der Waals surface area contributed by atoms with Gasteiger partial charge in [-0.2, -0.15) is 0 Å². The first-order valence-electron chi connectivity index (χ1n) is 13.8. The summed E-state index contributed by atoms with van der Waals surface area (Å²) in [5.74, 6) is 0. The first-order chi connectivity index (χ1) is 18.9. The Morgan fingerprint density at radius 1 is 0.667 bits per heavy atom. The van der Waals surface area contributed by atoms with Crippen molar-refractivity contribution < 1.29 is 28.8 Å². The topological polar surface area (TPSA) is 66.4 Å². The van der Waals surface area contributed by atoms with Crippen molar-refractivity contribution in [3.8, 4) is 0 Å². The van der Waals surface area contributed by atoms with Crippen LogP contribution in [0.2, 0.25) is 25.7 Å². The third-order valence-corrected chi connectivity index (χ3v) is 8.42. The molecule has 0 saturated carbocycles. The summed E-state index contributed by atoms with van der Waals surface area (Å²) in [4.78, 5) is 0. The molecule has 39 heavy (non-hydrogen) atoms. The Hall–Kier alpha value is -2.36. The summed E-state index contributed by atoms with van der Waals surface area (Å²) in [5, 5.41) is 11.4. The molecule has 0 spiro atoms. The number of rotatable bonds is 14. The molecule has 6 nitrogen and oxygen atoms in total. The number of hydrogen-bond donors (Lipinski definition) is 1. The minimum Gasteiger partial charge on any atom is -0.385 e. The molecule has 0 bridgehead atoms. The fraction of sp³-hybridized carbons (Fsp3) is 0.438. The molecule has 3 aromatic rings. The second-order valence-corrected chi connectivity index (χ2v) is 16.9. The van der Waals surface area contributed by atoms with E-state index < -0.39 is 38.8 Å². The molecular weight excluding hydrogens is 508 g/mol. The molecule has 5 atom stereocenters. The van der Waals surface area contributed by atoms with Crippen LogP contribution in [0.3, 0.4) is 0 Å². The normalized spacial score (nSPS) is 23.5. The van der Waals surface area contributed by atoms with E-state index >= 15 is 0 Å². The van der Waals surface area contributed by atoms with Gasteiger partial charge >= 0.3 is 0 Å². The Kier molecular flexibility index (Phi) is 11.3. The first kappa shape index (κ1) is 29.6. The highest BCUT2D eigenvalue weighted by atomic mass is 28.3. The van der Waals surface area contributed by atoms with E-state index in [2.05, 4.69) is 19.6 Å². The molecule has 210 valence electrons. The zero-order valence-electron chi connectivity index (χ0n) is 23.3. The van der Waals surface area contributed by atoms with Gasteiger partial charge in [-0.15, -0.1) is 0 Å². The molecule has 0 aliphatic carbocycles. The molecule has 0 amide bonds. The molecule has 0 radical (unpaired) electrons. The summed E-state index contributed by atoms with van der Waals surface area (Å²) in [6.07, 6.45) is -3.55. The molecule has 1 heterocycles. The highest BCUT2D eigenvalue weighted by molar-refractivity contribution is 6.76. The van der Waals surface area contributed by atoms with E-state index in [9.17, 15) is 5.11 Å². The second-order valence-electron chi connectivity index (χ2n) is 11.2. The van der Waals surface area contributed by atoms with Crippen LogP contribution in [0.1, 0.15) is 16.7 Å². The van der Waals surface area contributed by atoms with Crippen molar-refractivity contribution in [1.82, 2.24) is 0 Å². The van der Waals surface area contributed by atoms with E-state index in [1.54, 1.807) is 0 Å². The van der Waals surface area contributed by atoms with E-state index in [4.69, 9.17) is 23.7 Å². The molecule has 0 unspecified atom stereocenters. The van der Waals surface area contributed by atoms with Crippen molar-refractivity contribution in [1.29, 1.82) is 0 Å². The standard InChI is InChI=1S/C32H42O6Si/c1-39(2,3)20-19-35-32-29(33)31(37-23-27-17-11-6-12-18-27)30(36-22-26-15-9-5-10-16-26)28(38-32)24-34-21-25-13-7-4-8-14-25/h4-18,28-33H,19-24H2,1-3H3/t28-,29+,30-,31-,32+/m1/s1. The van der Waals surface area contributed by atoms with Gasteiger partial charge in [-0.25, -0.2) is 0 Å². The largest absolute Gasteiger partial charge is 0.385 e. The van der Waals surface area contributed by atoms with Gasteiger partial charge in [-0.05, 0) is 22.7 Å². The van der Waals surface area contributed by atoms with Crippen LogP contribution in [0, 0.1) is 0 Å². The van der Waals surface area contributed by atoms with Gasteiger partial charge in [-0.3, -0.25) is 0 Å². The maximum atomic E-state index is 11.4. The second kappa shape index (κ2) is 14.9. The summed E-state index contributed by atoms with van der Waals surface area (Å²) in [6.45, 7) is 8.85. The predicted octanol–water partition coefficient (Wildman–Crippen LogP) is 5.81. The monoisotopic (exact) mass is 550 g/mol. The van der Waals surface area contributed by atoms with Gasteiger partial charge in [-0.1, -0.05) is 111 Å². The SMILES string of the molecule is C[Si](C)(C)CCO[C@H]1O[C@H](COCc2ccccc2)[C@@H](OCc2ccccc2)[C@H](OCc2ccccc2)[C@@H]1O. The summed E-state index contributed by atoms with van der Waals surface area (Å²) in [6, 6.07) is 30.9. The molecule has 3 aromatic carbocycles. The van der Waals surface area contributed by atoms with Crippen LogP contribution in [-0.2, 0) is 43.5 Å². The molecule has 0 aromatic heterocycles. The molecular formula is C32H42O6Si. The van der Waals surface area contributed by atoms with E-state index in [0.717, 1.165) is 22.7 Å². The Morgan fingerprint density at radius 2 is 1.15 bits per heavy atom. The molecule has 1 aliphatic heterocycles. The summed E-state index contributed by atoms with van der Waals surface area (Å²) in [5.41, 5.74) is 3.13. The lowest BCUT2D eigenvalue weighted by molar-refractivity contribution is -0.318. The van der Waals surface area contributed by atoms with Crippen LogP contribution in [-0.4, -0.2) is 57.1 Å². The fourth-order valence-corrected chi connectivity index (χ4v) is 5.17. The van der Waals surface area contributed by atoms with Gasteiger partial charge in [0.25, 0.3) is 0 Å². The van der Waals surface area contributed by atoms with Gasteiger partial charge in [0.15, 0.2) is 6.29 Å². The lowest BCUT2D eigenvalue weighted by Gasteiger charge is -2.44. The highest BCUT2D eigenvalue weighted by Crippen LogP contribution is 2.29. The van der Waals surface area contributed by atoms with Crippen LogP contribution < -0.4 is 0 Å². The molecule has 7 heteroatoms. The van der Waals surface area contributed by atoms with Crippen molar-refractivity contribution >= 4 is 8.07 Å². The van der Waals surface area contributed by atoms with Crippen molar-refractivity contribution in [2.45, 2.75) is 76.2 Å². The maximum Gasteiger partial charge on any atom is 0.186 e. The molecule has 1 N–H and O–H groups in total. The van der Waals surface area contributed by atoms with E-state index in [-0.39, 0.29) is 6.61 Å². The van der Waals surface area contributed by atoms with Crippen LogP contribution in [0.5, 0.6) is 0 Å². The Morgan fingerprint density at radius 3 is 1.67 bits per heavy atom. The van der Waals surface area contributed by atoms with Crippen LogP contribution in [0.4, 0.5) is 0 Å². The predicted molar refractivity (Wildman–Crippen MR) is 155 cm³/mol. The number of aliphatic hydroxyl groups excluding tert-OH is 1. The third-order valence-electron chi connectivity index (χ3n) is 6.71. The number of aliphatic hydroxyl groups is 1. The zero-order chi connectivity index (χ0) is 27.5. The third kappa shape index (κ3) is 9.65. The first-order valence-corrected chi connectivity index (χ1v) is 17.5. The summed E-state index contributed by atoms with van der Waals surface area (Å²) >= 11 is 0. The smallest absolute Gasteiger partial charge is 0.186 e. The summed E-state index contributed by atoms with van der Waals surface area (Å²) in [7, 11) is -1.32. The zero-order valence-corrected chi connectivity index (χ0v) is 24.3. The minimum absolute atomic E-state index is 0.278. The van der Waals surface area contributed by atoms with Crippen LogP contribution >= 0.6 is 0 Å².